The number of carbonyl (C=O) groups is 1. The molecule has 0 fully saturated rings. The number of carbonyl (C=O) groups excluding carboxylic acids is 1. The van der Waals surface area contributed by atoms with Crippen molar-refractivity contribution < 1.29 is 23.1 Å². The molecule has 0 aliphatic carbocycles. The van der Waals surface area contributed by atoms with Crippen molar-refractivity contribution in [3.8, 4) is 0 Å². The fourth-order valence-electron chi connectivity index (χ4n) is 5.16. The third kappa shape index (κ3) is 16.1. The van der Waals surface area contributed by atoms with E-state index in [0.717, 1.165) is 16.5 Å². The molecule has 0 radical (unpaired) electrons. The van der Waals surface area contributed by atoms with Gasteiger partial charge in [0.2, 0.25) is 31.9 Å². The van der Waals surface area contributed by atoms with E-state index < -0.39 is 20.0 Å². The van der Waals surface area contributed by atoms with Gasteiger partial charge >= 0.3 is 0 Å². The van der Waals surface area contributed by atoms with Gasteiger partial charge in [-0.2, -0.15) is 25.0 Å². The van der Waals surface area contributed by atoms with Crippen molar-refractivity contribution in [1.29, 1.82) is 11.1 Å². The highest BCUT2D eigenvalue weighted by Gasteiger charge is 2.15. The summed E-state index contributed by atoms with van der Waals surface area (Å²) in [5, 5.41) is 30.2. The number of nitrogens with one attached hydrogen (secondary N) is 7. The molecule has 0 atom stereocenters. The predicted molar refractivity (Wildman–Crippen MR) is 257 cm³/mol. The van der Waals surface area contributed by atoms with Crippen molar-refractivity contribution in [1.82, 2.24) is 30.1 Å². The lowest BCUT2D eigenvalue weighted by Crippen LogP contribution is -2.12. The summed E-state index contributed by atoms with van der Waals surface area (Å²) in [6, 6.07) is 31.3. The van der Waals surface area contributed by atoms with Crippen LogP contribution >= 0.6 is 11.6 Å². The van der Waals surface area contributed by atoms with Crippen LogP contribution in [0.4, 0.5) is 34.9 Å². The highest BCUT2D eigenvalue weighted by Crippen LogP contribution is 2.25. The molecule has 0 saturated heterocycles. The highest BCUT2D eigenvalue weighted by atomic mass is 35.5. The summed E-state index contributed by atoms with van der Waals surface area (Å²) >= 11 is 6.11. The molecule has 22 heteroatoms. The van der Waals surface area contributed by atoms with E-state index in [9.17, 15) is 21.6 Å². The van der Waals surface area contributed by atoms with Gasteiger partial charge in [-0.1, -0.05) is 91.2 Å². The van der Waals surface area contributed by atoms with E-state index in [1.165, 1.54) is 36.4 Å². The number of aldehydes is 1. The minimum atomic E-state index is -3.78. The summed E-state index contributed by atoms with van der Waals surface area (Å²) in [5.74, 6) is 1.40. The van der Waals surface area contributed by atoms with E-state index in [4.69, 9.17) is 32.9 Å². The Morgan fingerprint density at radius 3 is 1.55 bits per heavy atom. The number of hydrogen-bond acceptors (Lipinski definition) is 16. The van der Waals surface area contributed by atoms with Gasteiger partial charge in [0.15, 0.2) is 11.9 Å². The lowest BCUT2D eigenvalue weighted by atomic mass is 10.2. The van der Waals surface area contributed by atoms with E-state index in [1.54, 1.807) is 18.3 Å². The van der Waals surface area contributed by atoms with Gasteiger partial charge in [0.05, 0.1) is 26.9 Å². The second-order valence-corrected chi connectivity index (χ2v) is 16.0. The van der Waals surface area contributed by atoms with Crippen LogP contribution in [0.2, 0.25) is 5.15 Å². The van der Waals surface area contributed by atoms with Crippen molar-refractivity contribution in [3.05, 3.63) is 179 Å². The molecule has 0 saturated carbocycles. The Balaban J connectivity index is 0.000000381. The minimum Gasteiger partial charge on any atom is -0.365 e. The molecule has 0 amide bonds. The van der Waals surface area contributed by atoms with Crippen LogP contribution in [0.25, 0.3) is 11.0 Å². The SMILES string of the molecule is C.C=C=C=C=C=C=C.N=N.NS(=O)(=O)c1ccc(Nc2nc(Cl)c(C=O)c(NCc3ccccc3)n2)cc1.NS(=O)(=O)c1ccc(Nc2nc(NCc3ccccc3)c3cn[nH]c3n2)cc1.[HH]. The number of primary sulfonamides is 2. The molecule has 0 aliphatic rings. The molecule has 0 aliphatic heterocycles. The van der Waals surface area contributed by atoms with Gasteiger partial charge in [0, 0.05) is 25.9 Å². The molecule has 0 bridgehead atoms. The van der Waals surface area contributed by atoms with Gasteiger partial charge < -0.3 is 21.3 Å². The topological polar surface area (TPSA) is 313 Å². The van der Waals surface area contributed by atoms with E-state index >= 15 is 0 Å². The molecule has 3 heterocycles. The first kappa shape index (κ1) is 52.1. The molecule has 4 aromatic carbocycles. The monoisotopic (exact) mass is 948 g/mol. The molecule has 11 N–H and O–H groups in total. The fraction of sp³-hybridized carbons (Fsp3) is 0.0682. The number of sulfonamides is 2. The van der Waals surface area contributed by atoms with E-state index in [1.807, 2.05) is 60.7 Å². The quantitative estimate of drug-likeness (QED) is 0.0227. The number of benzene rings is 4. The number of H-pyrrole nitrogens is 1. The van der Waals surface area contributed by atoms with Crippen LogP contribution in [0.15, 0.2) is 167 Å². The maximum Gasteiger partial charge on any atom is 0.238 e. The zero-order chi connectivity index (χ0) is 47.2. The van der Waals surface area contributed by atoms with Crippen molar-refractivity contribution >= 4 is 83.9 Å². The average molecular weight is 950 g/mol. The van der Waals surface area contributed by atoms with E-state index in [-0.39, 0.29) is 41.1 Å². The molecule has 19 nitrogen and oxygen atoms in total. The number of aromatic amines is 1. The molecule has 7 rings (SSSR count). The summed E-state index contributed by atoms with van der Waals surface area (Å²) in [6.07, 6.45) is 2.24. The molecular formula is C44H45ClN14O5S2. The Bertz CT molecular complexity index is 3120. The number of nitrogens with zero attached hydrogens (tertiary/aromatic N) is 5. The Labute approximate surface area is 387 Å². The highest BCUT2D eigenvalue weighted by molar-refractivity contribution is 7.89. The number of halogens is 1. The Kier molecular flexibility index (Phi) is 20.3. The van der Waals surface area contributed by atoms with E-state index in [2.05, 4.69) is 93.2 Å². The van der Waals surface area contributed by atoms with Crippen molar-refractivity contribution in [2.75, 3.05) is 21.3 Å². The van der Waals surface area contributed by atoms with Crippen LogP contribution in [0.3, 0.4) is 0 Å². The molecule has 3 aromatic heterocycles. The fourth-order valence-corrected chi connectivity index (χ4v) is 6.40. The first-order valence-corrected chi connectivity index (χ1v) is 21.9. The minimum absolute atomic E-state index is 0. The van der Waals surface area contributed by atoms with Crippen LogP contribution in [0, 0.1) is 11.1 Å². The number of rotatable bonds is 13. The second-order valence-electron chi connectivity index (χ2n) is 12.5. The summed E-state index contributed by atoms with van der Waals surface area (Å²) in [7, 11) is -7.51. The van der Waals surface area contributed by atoms with Crippen molar-refractivity contribution in [2.45, 2.75) is 30.3 Å². The lowest BCUT2D eigenvalue weighted by Gasteiger charge is -2.12. The third-order valence-electron chi connectivity index (χ3n) is 8.11. The normalized spacial score (nSPS) is 9.98. The predicted octanol–water partition coefficient (Wildman–Crippen LogP) is 8.36. The maximum absolute atomic E-state index is 11.4. The molecular weight excluding hydrogens is 904 g/mol. The Morgan fingerprint density at radius 1 is 0.667 bits per heavy atom. The molecule has 7 aromatic rings. The zero-order valence-electron chi connectivity index (χ0n) is 34.0. The van der Waals surface area contributed by atoms with Crippen LogP contribution < -0.4 is 31.5 Å². The zero-order valence-corrected chi connectivity index (χ0v) is 36.4. The smallest absolute Gasteiger partial charge is 0.238 e. The number of hydrogen-bond donors (Lipinski definition) is 9. The second kappa shape index (κ2) is 25.7. The summed E-state index contributed by atoms with van der Waals surface area (Å²) in [5.41, 5.74) is 26.0. The van der Waals surface area contributed by atoms with Crippen molar-refractivity contribution in [2.24, 2.45) is 10.3 Å². The number of nitrogens with two attached hydrogens (primary N) is 2. The van der Waals surface area contributed by atoms with Gasteiger partial charge in [0.25, 0.3) is 0 Å². The lowest BCUT2D eigenvalue weighted by molar-refractivity contribution is 0.112. The summed E-state index contributed by atoms with van der Waals surface area (Å²) < 4.78 is 45.4. The Hall–Kier alpha value is -8.27. The average Bonchev–Trinajstić information content (AvgIpc) is 3.78. The van der Waals surface area contributed by atoms with E-state index in [0.29, 0.717) is 48.2 Å². The summed E-state index contributed by atoms with van der Waals surface area (Å²) in [4.78, 5) is 28.6. The van der Waals surface area contributed by atoms with Gasteiger partial charge in [-0.15, -0.1) is 0 Å². The molecule has 66 heavy (non-hydrogen) atoms. The van der Waals surface area contributed by atoms with Crippen molar-refractivity contribution in [3.63, 3.8) is 0 Å². The maximum atomic E-state index is 11.4. The number of fused-ring (bicyclic) bond motifs is 1. The van der Waals surface area contributed by atoms with Crippen LogP contribution in [-0.4, -0.2) is 53.3 Å². The third-order valence-corrected chi connectivity index (χ3v) is 10.3. The molecule has 340 valence electrons. The molecule has 0 spiro atoms. The van der Waals surface area contributed by atoms with Gasteiger partial charge in [-0.25, -0.2) is 38.2 Å². The summed E-state index contributed by atoms with van der Waals surface area (Å²) in [6.45, 7) is 7.53. The van der Waals surface area contributed by atoms with Gasteiger partial charge in [0.1, 0.15) is 16.8 Å². The largest absolute Gasteiger partial charge is 0.365 e. The van der Waals surface area contributed by atoms with Crippen LogP contribution in [-0.2, 0) is 33.1 Å². The van der Waals surface area contributed by atoms with Gasteiger partial charge in [-0.05, 0) is 90.0 Å². The standard InChI is InChI=1S/C18H16ClN5O3S.C18H17N7O2S.C7H4.CH4.H2N2.H2/c19-16-15(11-25)17(21-10-12-4-2-1-3-5-12)24-18(23-16)22-13-6-8-14(9-7-13)28(20,26)27;19-28(26,27)14-8-6-13(7-9-14)22-18-23-16(15-11-21-25-17(15)24-18)20-10-12-4-2-1-3-5-12;1-3-5-7-6-4-2;;1-2;/h1-9,11H,10H2,(H2,20,26,27)(H2,21,22,23,24);1-9,11H,10H2,(H2,19,26,27)(H3,20,21,22,23,24,25);1-2H2;1H4;1-2H;1H. The molecule has 0 unspecified atom stereocenters. The van der Waals surface area contributed by atoms with Crippen LogP contribution in [0.5, 0.6) is 0 Å². The number of anilines is 6. The first-order chi connectivity index (χ1) is 31.3. The Morgan fingerprint density at radius 2 is 1.11 bits per heavy atom. The van der Waals surface area contributed by atoms with Crippen LogP contribution in [0.1, 0.15) is 30.3 Å². The first-order valence-electron chi connectivity index (χ1n) is 18.4. The number of aromatic nitrogens is 6. The van der Waals surface area contributed by atoms with Gasteiger partial charge in [-0.3, -0.25) is 9.89 Å².